The van der Waals surface area contributed by atoms with E-state index in [0.29, 0.717) is 6.10 Å². The molecule has 1 unspecified atom stereocenters. The molecule has 0 saturated carbocycles. The smallest absolute Gasteiger partial charge is 0.249 e. The third-order valence-electron chi connectivity index (χ3n) is 1.29. The first kappa shape index (κ1) is 10.1. The highest BCUT2D eigenvalue weighted by molar-refractivity contribution is 6.47. The lowest BCUT2D eigenvalue weighted by atomic mass is 10.4. The minimum Gasteiger partial charge on any atom is -0.403 e. The number of rotatable bonds is 5. The molecule has 0 bridgehead atoms. The largest absolute Gasteiger partial charge is 0.403 e. The van der Waals surface area contributed by atoms with Gasteiger partial charge in [0.15, 0.2) is 0 Å². The highest BCUT2D eigenvalue weighted by atomic mass is 28.3. The van der Waals surface area contributed by atoms with E-state index in [-0.39, 0.29) is 0 Å². The molecule has 0 spiro atoms. The molecule has 0 amide bonds. The summed E-state index contributed by atoms with van der Waals surface area (Å²) in [5, 5.41) is 5.78. The van der Waals surface area contributed by atoms with Gasteiger partial charge in [-0.2, -0.15) is 0 Å². The SMILES string of the molecule is CCCC[SiH](N)OC(C)C. The van der Waals surface area contributed by atoms with Crippen molar-refractivity contribution in [1.82, 2.24) is 0 Å². The van der Waals surface area contributed by atoms with Gasteiger partial charge in [-0.3, -0.25) is 0 Å². The normalized spacial score (nSPS) is 14.1. The fourth-order valence-electron chi connectivity index (χ4n) is 0.823. The fourth-order valence-corrected chi connectivity index (χ4v) is 2.47. The first-order valence-electron chi connectivity index (χ1n) is 4.07. The quantitative estimate of drug-likeness (QED) is 0.618. The van der Waals surface area contributed by atoms with Gasteiger partial charge >= 0.3 is 0 Å². The number of nitrogens with two attached hydrogens (primary N) is 1. The molecule has 0 radical (unpaired) electrons. The summed E-state index contributed by atoms with van der Waals surface area (Å²) in [5.41, 5.74) is 0. The molecule has 0 aromatic rings. The summed E-state index contributed by atoms with van der Waals surface area (Å²) < 4.78 is 5.47. The van der Waals surface area contributed by atoms with Gasteiger partial charge in [-0.1, -0.05) is 19.8 Å². The van der Waals surface area contributed by atoms with Crippen LogP contribution < -0.4 is 5.40 Å². The van der Waals surface area contributed by atoms with Crippen LogP contribution in [-0.2, 0) is 4.43 Å². The average molecular weight is 161 g/mol. The highest BCUT2D eigenvalue weighted by Gasteiger charge is 2.05. The molecule has 0 fully saturated rings. The Morgan fingerprint density at radius 2 is 2.10 bits per heavy atom. The van der Waals surface area contributed by atoms with Gasteiger partial charge in [0.05, 0.1) is 0 Å². The van der Waals surface area contributed by atoms with Crippen molar-refractivity contribution in [3.63, 3.8) is 0 Å². The Balaban J connectivity index is 3.16. The lowest BCUT2D eigenvalue weighted by Gasteiger charge is -2.13. The number of hydrogen-bond donors (Lipinski definition) is 1. The van der Waals surface area contributed by atoms with Crippen LogP contribution in [0.3, 0.4) is 0 Å². The monoisotopic (exact) mass is 161 g/mol. The molecule has 3 heteroatoms. The predicted molar refractivity (Wildman–Crippen MR) is 47.3 cm³/mol. The molecule has 0 rings (SSSR count). The van der Waals surface area contributed by atoms with Gasteiger partial charge in [-0.25, -0.2) is 0 Å². The third kappa shape index (κ3) is 6.26. The molecule has 2 nitrogen and oxygen atoms in total. The molecule has 0 aliphatic carbocycles. The van der Waals surface area contributed by atoms with E-state index in [1.807, 2.05) is 13.8 Å². The molecule has 0 aliphatic heterocycles. The van der Waals surface area contributed by atoms with Gasteiger partial charge in [0.2, 0.25) is 9.20 Å². The Kier molecular flexibility index (Phi) is 5.97. The molecule has 0 aliphatic rings. The number of hydrogen-bond acceptors (Lipinski definition) is 2. The Labute approximate surface area is 65.6 Å². The molecule has 2 N–H and O–H groups in total. The van der Waals surface area contributed by atoms with Crippen molar-refractivity contribution in [1.29, 1.82) is 0 Å². The summed E-state index contributed by atoms with van der Waals surface area (Å²) >= 11 is 0. The van der Waals surface area contributed by atoms with E-state index in [2.05, 4.69) is 6.92 Å². The standard InChI is InChI=1S/C7H19NOSi/c1-4-5-6-10(8)9-7(2)3/h7,10H,4-6,8H2,1-3H3. The Hall–Kier alpha value is 0.137. The van der Waals surface area contributed by atoms with Gasteiger partial charge in [0.25, 0.3) is 0 Å². The van der Waals surface area contributed by atoms with E-state index in [1.54, 1.807) is 0 Å². The lowest BCUT2D eigenvalue weighted by Crippen LogP contribution is -2.32. The van der Waals surface area contributed by atoms with Crippen molar-refractivity contribution in [2.75, 3.05) is 0 Å². The maximum Gasteiger partial charge on any atom is 0.249 e. The summed E-state index contributed by atoms with van der Waals surface area (Å²) in [4.78, 5) is 0. The van der Waals surface area contributed by atoms with Crippen molar-refractivity contribution in [2.45, 2.75) is 45.8 Å². The van der Waals surface area contributed by atoms with Crippen molar-refractivity contribution in [3.8, 4) is 0 Å². The maximum atomic E-state index is 5.78. The van der Waals surface area contributed by atoms with Crippen molar-refractivity contribution < 1.29 is 4.43 Å². The first-order valence-corrected chi connectivity index (χ1v) is 6.03. The van der Waals surface area contributed by atoms with E-state index in [0.717, 1.165) is 6.04 Å². The summed E-state index contributed by atoms with van der Waals surface area (Å²) in [5.74, 6) is 0. The molecule has 62 valence electrons. The zero-order valence-corrected chi connectivity index (χ0v) is 8.42. The van der Waals surface area contributed by atoms with Crippen molar-refractivity contribution in [2.24, 2.45) is 5.40 Å². The van der Waals surface area contributed by atoms with Crippen LogP contribution in [0.4, 0.5) is 0 Å². The average Bonchev–Trinajstić information content (AvgIpc) is 1.82. The second-order valence-corrected chi connectivity index (χ2v) is 4.79. The summed E-state index contributed by atoms with van der Waals surface area (Å²) in [6.07, 6.45) is 2.76. The van der Waals surface area contributed by atoms with Crippen LogP contribution >= 0.6 is 0 Å². The zero-order chi connectivity index (χ0) is 7.98. The third-order valence-corrected chi connectivity index (χ3v) is 3.16. The second kappa shape index (κ2) is 5.89. The molecule has 0 heterocycles. The fraction of sp³-hybridized carbons (Fsp3) is 1.00. The van der Waals surface area contributed by atoms with Gasteiger partial charge in [-0.05, 0) is 19.9 Å². The minimum atomic E-state index is -1.28. The molecule has 1 atom stereocenters. The maximum absolute atomic E-state index is 5.78. The second-order valence-electron chi connectivity index (χ2n) is 2.87. The lowest BCUT2D eigenvalue weighted by molar-refractivity contribution is 0.241. The van der Waals surface area contributed by atoms with Crippen LogP contribution in [0.1, 0.15) is 33.6 Å². The molecule has 10 heavy (non-hydrogen) atoms. The van der Waals surface area contributed by atoms with E-state index >= 15 is 0 Å². The van der Waals surface area contributed by atoms with Crippen molar-refractivity contribution >= 4 is 9.20 Å². The predicted octanol–water partition coefficient (Wildman–Crippen LogP) is 1.39. The van der Waals surface area contributed by atoms with Gasteiger partial charge in [0.1, 0.15) is 0 Å². The van der Waals surface area contributed by atoms with Crippen LogP contribution in [0.5, 0.6) is 0 Å². The summed E-state index contributed by atoms with van der Waals surface area (Å²) in [7, 11) is -1.28. The van der Waals surface area contributed by atoms with E-state index in [4.69, 9.17) is 9.83 Å². The Morgan fingerprint density at radius 3 is 2.50 bits per heavy atom. The van der Waals surface area contributed by atoms with E-state index in [1.165, 1.54) is 12.8 Å². The first-order chi connectivity index (χ1) is 4.66. The molecular weight excluding hydrogens is 142 g/mol. The summed E-state index contributed by atoms with van der Waals surface area (Å²) in [6.45, 7) is 6.26. The van der Waals surface area contributed by atoms with Crippen LogP contribution in [0, 0.1) is 0 Å². The van der Waals surface area contributed by atoms with E-state index < -0.39 is 9.20 Å². The molecule has 0 aromatic heterocycles. The molecule has 0 aromatic carbocycles. The van der Waals surface area contributed by atoms with Crippen molar-refractivity contribution in [3.05, 3.63) is 0 Å². The van der Waals surface area contributed by atoms with Crippen LogP contribution in [0.15, 0.2) is 0 Å². The zero-order valence-electron chi connectivity index (χ0n) is 7.26. The topological polar surface area (TPSA) is 35.2 Å². The Bertz CT molecular complexity index is 78.0. The van der Waals surface area contributed by atoms with Gasteiger partial charge < -0.3 is 9.83 Å². The Morgan fingerprint density at radius 1 is 1.50 bits per heavy atom. The van der Waals surface area contributed by atoms with Gasteiger partial charge in [0, 0.05) is 6.10 Å². The molecule has 0 saturated heterocycles. The summed E-state index contributed by atoms with van der Waals surface area (Å²) in [6, 6.07) is 1.12. The number of unbranched alkanes of at least 4 members (excludes halogenated alkanes) is 1. The van der Waals surface area contributed by atoms with Crippen LogP contribution in [0.2, 0.25) is 6.04 Å². The molecular formula is C7H19NOSi. The van der Waals surface area contributed by atoms with Gasteiger partial charge in [-0.15, -0.1) is 0 Å². The van der Waals surface area contributed by atoms with Crippen LogP contribution in [-0.4, -0.2) is 15.3 Å². The van der Waals surface area contributed by atoms with E-state index in [9.17, 15) is 0 Å². The highest BCUT2D eigenvalue weighted by Crippen LogP contribution is 2.00. The van der Waals surface area contributed by atoms with Crippen LogP contribution in [0.25, 0.3) is 0 Å². The minimum absolute atomic E-state index is 0.318.